The molecule has 2 aromatic carbocycles. The van der Waals surface area contributed by atoms with Crippen LogP contribution >= 0.6 is 11.6 Å². The number of benzene rings is 2. The molecule has 0 spiro atoms. The molecular formula is C24H29ClN2O2. The summed E-state index contributed by atoms with van der Waals surface area (Å²) in [6.45, 7) is 4.23. The molecule has 154 valence electrons. The molecule has 0 heterocycles. The van der Waals surface area contributed by atoms with Gasteiger partial charge in [-0.1, -0.05) is 66.9 Å². The number of aryl methyl sites for hydroxylation is 1. The Morgan fingerprint density at radius 1 is 1.07 bits per heavy atom. The number of hydrogen-bond donors (Lipinski definition) is 1. The Hall–Kier alpha value is -2.33. The van der Waals surface area contributed by atoms with E-state index in [4.69, 9.17) is 11.6 Å². The van der Waals surface area contributed by atoms with E-state index in [1.54, 1.807) is 11.0 Å². The van der Waals surface area contributed by atoms with Crippen molar-refractivity contribution in [1.82, 2.24) is 10.2 Å². The zero-order valence-electron chi connectivity index (χ0n) is 17.2. The van der Waals surface area contributed by atoms with Gasteiger partial charge in [0.25, 0.3) is 0 Å². The van der Waals surface area contributed by atoms with E-state index in [0.717, 1.165) is 42.4 Å². The molecule has 5 heteroatoms. The quantitative estimate of drug-likeness (QED) is 0.718. The first-order chi connectivity index (χ1) is 14.0. The molecule has 2 aromatic rings. The monoisotopic (exact) mass is 412 g/mol. The van der Waals surface area contributed by atoms with Crippen LogP contribution in [0, 0.1) is 6.92 Å². The van der Waals surface area contributed by atoms with Crippen LogP contribution in [0.2, 0.25) is 5.02 Å². The summed E-state index contributed by atoms with van der Waals surface area (Å²) in [5.41, 5.74) is 2.92. The molecule has 0 unspecified atom stereocenters. The fourth-order valence-electron chi connectivity index (χ4n) is 3.85. The third kappa shape index (κ3) is 5.60. The van der Waals surface area contributed by atoms with Crippen LogP contribution in [0.25, 0.3) is 0 Å². The highest BCUT2D eigenvalue weighted by atomic mass is 35.5. The van der Waals surface area contributed by atoms with Gasteiger partial charge in [0.15, 0.2) is 0 Å². The third-order valence-electron chi connectivity index (χ3n) is 5.77. The molecule has 0 radical (unpaired) electrons. The maximum atomic E-state index is 13.3. The van der Waals surface area contributed by atoms with Crippen LogP contribution in [0.4, 0.5) is 0 Å². The van der Waals surface area contributed by atoms with Crippen molar-refractivity contribution in [2.75, 3.05) is 0 Å². The zero-order valence-corrected chi connectivity index (χ0v) is 17.9. The van der Waals surface area contributed by atoms with Gasteiger partial charge in [0.2, 0.25) is 11.8 Å². The van der Waals surface area contributed by atoms with Gasteiger partial charge < -0.3 is 10.2 Å². The lowest BCUT2D eigenvalue weighted by atomic mass is 10.1. The number of halogens is 1. The Balaban J connectivity index is 1.80. The maximum absolute atomic E-state index is 13.3. The topological polar surface area (TPSA) is 49.4 Å². The van der Waals surface area contributed by atoms with Crippen molar-refractivity contribution in [3.8, 4) is 0 Å². The van der Waals surface area contributed by atoms with Crippen LogP contribution in [0.1, 0.15) is 49.3 Å². The molecule has 29 heavy (non-hydrogen) atoms. The maximum Gasteiger partial charge on any atom is 0.242 e. The SMILES string of the molecule is Cc1ccccc1CN(C(=O)Cc1ccccc1Cl)[C@@H](C)C(=O)NC1CCCC1. The minimum atomic E-state index is -0.551. The second-order valence-electron chi connectivity index (χ2n) is 7.88. The van der Waals surface area contributed by atoms with Crippen molar-refractivity contribution >= 4 is 23.4 Å². The Bertz CT molecular complexity index is 861. The Kier molecular flexibility index (Phi) is 7.32. The molecule has 1 saturated carbocycles. The van der Waals surface area contributed by atoms with E-state index in [1.165, 1.54) is 0 Å². The van der Waals surface area contributed by atoms with Gasteiger partial charge in [-0.25, -0.2) is 0 Å². The van der Waals surface area contributed by atoms with Gasteiger partial charge in [-0.2, -0.15) is 0 Å². The van der Waals surface area contributed by atoms with Crippen molar-refractivity contribution in [2.45, 2.75) is 64.6 Å². The highest BCUT2D eigenvalue weighted by Crippen LogP contribution is 2.21. The molecule has 1 fully saturated rings. The number of amides is 2. The molecule has 1 atom stereocenters. The molecule has 0 aromatic heterocycles. The number of hydrogen-bond acceptors (Lipinski definition) is 2. The van der Waals surface area contributed by atoms with E-state index in [0.29, 0.717) is 11.6 Å². The second kappa shape index (κ2) is 9.93. The first kappa shape index (κ1) is 21.4. The van der Waals surface area contributed by atoms with Crippen LogP contribution in [0.5, 0.6) is 0 Å². The molecule has 0 saturated heterocycles. The highest BCUT2D eigenvalue weighted by Gasteiger charge is 2.29. The molecule has 2 amide bonds. The van der Waals surface area contributed by atoms with Crippen molar-refractivity contribution in [2.24, 2.45) is 0 Å². The van der Waals surface area contributed by atoms with E-state index in [9.17, 15) is 9.59 Å². The number of nitrogens with one attached hydrogen (secondary N) is 1. The van der Waals surface area contributed by atoms with Gasteiger partial charge in [-0.05, 0) is 49.4 Å². The number of carbonyl (C=O) groups excluding carboxylic acids is 2. The summed E-state index contributed by atoms with van der Waals surface area (Å²) in [4.78, 5) is 27.8. The van der Waals surface area contributed by atoms with E-state index >= 15 is 0 Å². The minimum absolute atomic E-state index is 0.0852. The summed E-state index contributed by atoms with van der Waals surface area (Å²) in [5.74, 6) is -0.187. The summed E-state index contributed by atoms with van der Waals surface area (Å²) in [5, 5.41) is 3.70. The molecule has 0 bridgehead atoms. The number of carbonyl (C=O) groups is 2. The molecule has 0 aliphatic heterocycles. The fourth-order valence-corrected chi connectivity index (χ4v) is 4.05. The molecule has 1 aliphatic rings. The Labute approximate surface area is 178 Å². The summed E-state index contributed by atoms with van der Waals surface area (Å²) in [7, 11) is 0. The Morgan fingerprint density at radius 2 is 1.69 bits per heavy atom. The second-order valence-corrected chi connectivity index (χ2v) is 8.29. The van der Waals surface area contributed by atoms with Gasteiger partial charge in [0.1, 0.15) is 6.04 Å². The highest BCUT2D eigenvalue weighted by molar-refractivity contribution is 6.31. The van der Waals surface area contributed by atoms with Crippen LogP contribution in [0.3, 0.4) is 0 Å². The molecule has 1 aliphatic carbocycles. The van der Waals surface area contributed by atoms with Gasteiger partial charge >= 0.3 is 0 Å². The smallest absolute Gasteiger partial charge is 0.242 e. The molecule has 1 N–H and O–H groups in total. The predicted molar refractivity (Wildman–Crippen MR) is 117 cm³/mol. The van der Waals surface area contributed by atoms with Crippen LogP contribution in [0.15, 0.2) is 48.5 Å². The standard InChI is InChI=1S/C24H29ClN2O2/c1-17-9-3-4-11-20(17)16-27(18(2)24(29)26-21-12-6-7-13-21)23(28)15-19-10-5-8-14-22(19)25/h3-5,8-11,14,18,21H,6-7,12-13,15-16H2,1-2H3,(H,26,29)/t18-/m0/s1. The number of rotatable bonds is 7. The summed E-state index contributed by atoms with van der Waals surface area (Å²) in [6, 6.07) is 15.0. The van der Waals surface area contributed by atoms with Gasteiger partial charge in [-0.15, -0.1) is 0 Å². The first-order valence-corrected chi connectivity index (χ1v) is 10.7. The van der Waals surface area contributed by atoms with Crippen LogP contribution in [-0.4, -0.2) is 28.8 Å². The average Bonchev–Trinajstić information content (AvgIpc) is 3.21. The summed E-state index contributed by atoms with van der Waals surface area (Å²) in [6.07, 6.45) is 4.51. The minimum Gasteiger partial charge on any atom is -0.352 e. The van der Waals surface area contributed by atoms with Crippen molar-refractivity contribution in [3.05, 3.63) is 70.2 Å². The number of nitrogens with zero attached hydrogens (tertiary/aromatic N) is 1. The van der Waals surface area contributed by atoms with Gasteiger partial charge in [-0.3, -0.25) is 9.59 Å². The van der Waals surface area contributed by atoms with Crippen molar-refractivity contribution < 1.29 is 9.59 Å². The van der Waals surface area contributed by atoms with E-state index < -0.39 is 6.04 Å². The van der Waals surface area contributed by atoms with Gasteiger partial charge in [0, 0.05) is 17.6 Å². The average molecular weight is 413 g/mol. The van der Waals surface area contributed by atoms with E-state index in [-0.39, 0.29) is 24.3 Å². The van der Waals surface area contributed by atoms with E-state index in [2.05, 4.69) is 5.32 Å². The lowest BCUT2D eigenvalue weighted by Gasteiger charge is -2.30. The normalized spacial score (nSPS) is 15.1. The van der Waals surface area contributed by atoms with E-state index in [1.807, 2.05) is 56.3 Å². The van der Waals surface area contributed by atoms with Crippen LogP contribution in [-0.2, 0) is 22.6 Å². The molecular weight excluding hydrogens is 384 g/mol. The molecule has 3 rings (SSSR count). The zero-order chi connectivity index (χ0) is 20.8. The predicted octanol–water partition coefficient (Wildman–Crippen LogP) is 4.67. The fraction of sp³-hybridized carbons (Fsp3) is 0.417. The Morgan fingerprint density at radius 3 is 2.34 bits per heavy atom. The largest absolute Gasteiger partial charge is 0.352 e. The lowest BCUT2D eigenvalue weighted by Crippen LogP contribution is -2.50. The third-order valence-corrected chi connectivity index (χ3v) is 6.14. The van der Waals surface area contributed by atoms with Crippen molar-refractivity contribution in [3.63, 3.8) is 0 Å². The summed E-state index contributed by atoms with van der Waals surface area (Å²) < 4.78 is 0. The lowest BCUT2D eigenvalue weighted by molar-refractivity contribution is -0.140. The summed E-state index contributed by atoms with van der Waals surface area (Å²) >= 11 is 6.26. The van der Waals surface area contributed by atoms with Crippen molar-refractivity contribution in [1.29, 1.82) is 0 Å². The molecule has 4 nitrogen and oxygen atoms in total. The van der Waals surface area contributed by atoms with Crippen LogP contribution < -0.4 is 5.32 Å². The van der Waals surface area contributed by atoms with Gasteiger partial charge in [0.05, 0.1) is 6.42 Å². The first-order valence-electron chi connectivity index (χ1n) is 10.3.